The third kappa shape index (κ3) is 2.59. The zero-order valence-corrected chi connectivity index (χ0v) is 25.6. The minimum atomic E-state index is 0.0779. The number of anilines is 2. The van der Waals surface area contributed by atoms with Gasteiger partial charge in [0.05, 0.1) is 11.1 Å². The first-order chi connectivity index (χ1) is 20.3. The fourth-order valence-corrected chi connectivity index (χ4v) is 11.0. The summed E-state index contributed by atoms with van der Waals surface area (Å²) in [4.78, 5) is 2.89. The van der Waals surface area contributed by atoms with Gasteiger partial charge < -0.3 is 9.47 Å². The summed E-state index contributed by atoms with van der Waals surface area (Å²) in [5.74, 6) is 1.73. The molecule has 4 aromatic carbocycles. The normalized spacial score (nSPS) is 28.1. The van der Waals surface area contributed by atoms with Crippen molar-refractivity contribution in [1.29, 1.82) is 0 Å². The van der Waals surface area contributed by atoms with E-state index in [1.807, 2.05) is 0 Å². The van der Waals surface area contributed by atoms with Crippen molar-refractivity contribution in [2.45, 2.75) is 84.1 Å². The zero-order valence-electron chi connectivity index (χ0n) is 25.6. The van der Waals surface area contributed by atoms with Crippen LogP contribution in [0.2, 0.25) is 0 Å². The molecule has 4 unspecified atom stereocenters. The van der Waals surface area contributed by atoms with Gasteiger partial charge in [0.1, 0.15) is 0 Å². The Hall–Kier alpha value is -3.46. The van der Waals surface area contributed by atoms with Gasteiger partial charge in [0.15, 0.2) is 0 Å². The number of aromatic nitrogens is 1. The van der Waals surface area contributed by atoms with E-state index >= 15 is 0 Å². The third-order valence-corrected chi connectivity index (χ3v) is 12.8. The van der Waals surface area contributed by atoms with Gasteiger partial charge in [0.2, 0.25) is 0 Å². The molecular weight excluding hydrogens is 507 g/mol. The average molecular weight is 547 g/mol. The van der Waals surface area contributed by atoms with Crippen molar-refractivity contribution < 1.29 is 0 Å². The number of hydrogen-bond acceptors (Lipinski definition) is 1. The molecule has 0 spiro atoms. The van der Waals surface area contributed by atoms with E-state index in [0.717, 1.165) is 11.8 Å². The van der Waals surface area contributed by atoms with Crippen molar-refractivity contribution in [3.8, 4) is 5.69 Å². The monoisotopic (exact) mass is 546 g/mol. The number of aryl methyl sites for hydroxylation is 3. The predicted molar refractivity (Wildman–Crippen MR) is 179 cm³/mol. The first-order valence-electron chi connectivity index (χ1n) is 16.4. The van der Waals surface area contributed by atoms with Crippen LogP contribution in [0.4, 0.5) is 11.4 Å². The molecule has 0 radical (unpaired) electrons. The van der Waals surface area contributed by atoms with Gasteiger partial charge in [-0.15, -0.1) is 0 Å². The number of rotatable bonds is 0. The smallest absolute Gasteiger partial charge is 0.252 e. The Morgan fingerprint density at radius 2 is 1.45 bits per heavy atom. The van der Waals surface area contributed by atoms with Crippen molar-refractivity contribution >= 4 is 56.3 Å². The second-order valence-electron chi connectivity index (χ2n) is 15.2. The summed E-state index contributed by atoms with van der Waals surface area (Å²) < 4.78 is 2.62. The van der Waals surface area contributed by atoms with Crippen LogP contribution < -0.4 is 21.3 Å². The van der Waals surface area contributed by atoms with Crippen LogP contribution in [0, 0.1) is 32.6 Å². The molecular formula is C39H39BN2. The first kappa shape index (κ1) is 24.0. The maximum absolute atomic E-state index is 2.89. The standard InChI is InChI=1S/C39H39BN2/c1-22-13-14-32-27(15-22)28-16-23(2)18-30-36(28)41(32)33-11-8-12-34-35(33)40(30)31-19-24(3)17-29-37(31)42(34)39(5)21-26-10-7-6-9-25(26)20-38(29,39)4/h8,11-19,25-26H,6-7,9-10,20-21H2,1-5H3. The molecule has 2 fully saturated rings. The molecule has 1 aromatic heterocycles. The molecule has 2 saturated carbocycles. The molecule has 0 amide bonds. The van der Waals surface area contributed by atoms with Crippen molar-refractivity contribution in [2.75, 3.05) is 4.90 Å². The van der Waals surface area contributed by atoms with E-state index in [9.17, 15) is 0 Å². The highest BCUT2D eigenvalue weighted by molar-refractivity contribution is 7.00. The SMILES string of the molecule is Cc1cc2c3c(c1)C1(C)CC4CCCCC4CC1(C)N3c1cccc3c1B2c1cc(C)cc2c4cc(C)ccc4n-3c12. The lowest BCUT2D eigenvalue weighted by atomic mass is 9.33. The first-order valence-corrected chi connectivity index (χ1v) is 16.4. The van der Waals surface area contributed by atoms with E-state index in [1.165, 1.54) is 99.3 Å². The van der Waals surface area contributed by atoms with Gasteiger partial charge in [0.25, 0.3) is 6.71 Å². The van der Waals surface area contributed by atoms with E-state index in [2.05, 4.69) is 105 Å². The Labute approximate surface area is 249 Å². The summed E-state index contributed by atoms with van der Waals surface area (Å²) in [5.41, 5.74) is 17.7. The highest BCUT2D eigenvalue weighted by Gasteiger charge is 2.64. The maximum atomic E-state index is 2.89. The van der Waals surface area contributed by atoms with E-state index in [4.69, 9.17) is 0 Å². The summed E-state index contributed by atoms with van der Waals surface area (Å²) >= 11 is 0. The summed E-state index contributed by atoms with van der Waals surface area (Å²) in [6.45, 7) is 12.4. The second kappa shape index (κ2) is 7.54. The number of fused-ring (bicyclic) bond motifs is 11. The summed E-state index contributed by atoms with van der Waals surface area (Å²) in [5, 5.41) is 2.79. The number of benzene rings is 4. The summed E-state index contributed by atoms with van der Waals surface area (Å²) in [7, 11) is 0. The zero-order chi connectivity index (χ0) is 28.3. The predicted octanol–water partition coefficient (Wildman–Crippen LogP) is 7.62. The Balaban J connectivity index is 1.35. The molecule has 208 valence electrons. The largest absolute Gasteiger partial charge is 0.335 e. The van der Waals surface area contributed by atoms with Gasteiger partial charge in [-0.1, -0.05) is 79.6 Å². The highest BCUT2D eigenvalue weighted by atomic mass is 15.3. The van der Waals surface area contributed by atoms with E-state index in [1.54, 1.807) is 16.7 Å². The second-order valence-corrected chi connectivity index (χ2v) is 15.2. The molecule has 0 saturated heterocycles. The Kier molecular flexibility index (Phi) is 4.32. The lowest BCUT2D eigenvalue weighted by molar-refractivity contribution is 0.0581. The van der Waals surface area contributed by atoms with Crippen LogP contribution >= 0.6 is 0 Å². The van der Waals surface area contributed by atoms with Crippen molar-refractivity contribution in [2.24, 2.45) is 11.8 Å². The lowest BCUT2D eigenvalue weighted by Crippen LogP contribution is -2.65. The molecule has 42 heavy (non-hydrogen) atoms. The summed E-state index contributed by atoms with van der Waals surface area (Å²) in [6, 6.07) is 24.4. The fraction of sp³-hybridized carbons (Fsp3) is 0.385. The van der Waals surface area contributed by atoms with Gasteiger partial charge in [-0.25, -0.2) is 0 Å². The maximum Gasteiger partial charge on any atom is 0.252 e. The summed E-state index contributed by atoms with van der Waals surface area (Å²) in [6.07, 6.45) is 8.33. The van der Waals surface area contributed by atoms with Crippen LogP contribution in [0.3, 0.4) is 0 Å². The molecule has 3 heteroatoms. The fourth-order valence-electron chi connectivity index (χ4n) is 11.0. The Morgan fingerprint density at radius 1 is 0.738 bits per heavy atom. The van der Waals surface area contributed by atoms with E-state index < -0.39 is 0 Å². The third-order valence-electron chi connectivity index (χ3n) is 12.8. The quantitative estimate of drug-likeness (QED) is 0.178. The molecule has 3 aliphatic heterocycles. The molecule has 0 bridgehead atoms. The van der Waals surface area contributed by atoms with Crippen LogP contribution in [0.15, 0.2) is 60.7 Å². The lowest BCUT2D eigenvalue weighted by Gasteiger charge is -2.57. The number of hydrogen-bond donors (Lipinski definition) is 0. The molecule has 5 aromatic rings. The van der Waals surface area contributed by atoms with Gasteiger partial charge >= 0.3 is 0 Å². The minimum Gasteiger partial charge on any atom is -0.335 e. The van der Waals surface area contributed by atoms with E-state index in [0.29, 0.717) is 0 Å². The minimum absolute atomic E-state index is 0.0779. The molecule has 4 atom stereocenters. The molecule has 0 N–H and O–H groups in total. The van der Waals surface area contributed by atoms with E-state index in [-0.39, 0.29) is 17.7 Å². The van der Waals surface area contributed by atoms with Crippen LogP contribution in [-0.2, 0) is 5.41 Å². The van der Waals surface area contributed by atoms with Crippen LogP contribution in [0.5, 0.6) is 0 Å². The van der Waals surface area contributed by atoms with Crippen LogP contribution in [-0.4, -0.2) is 16.8 Å². The van der Waals surface area contributed by atoms with Crippen molar-refractivity contribution in [3.63, 3.8) is 0 Å². The number of nitrogens with zero attached hydrogens (tertiary/aromatic N) is 2. The van der Waals surface area contributed by atoms with Crippen LogP contribution in [0.1, 0.15) is 74.6 Å². The molecule has 4 heterocycles. The molecule has 5 aliphatic rings. The van der Waals surface area contributed by atoms with Gasteiger partial charge in [0, 0.05) is 38.8 Å². The molecule has 2 nitrogen and oxygen atoms in total. The average Bonchev–Trinajstić information content (AvgIpc) is 3.38. The van der Waals surface area contributed by atoms with Crippen molar-refractivity contribution in [1.82, 2.24) is 4.57 Å². The van der Waals surface area contributed by atoms with Gasteiger partial charge in [-0.3, -0.25) is 0 Å². The Morgan fingerprint density at radius 3 is 2.29 bits per heavy atom. The van der Waals surface area contributed by atoms with Crippen LogP contribution in [0.25, 0.3) is 27.5 Å². The molecule has 2 aliphatic carbocycles. The Bertz CT molecular complexity index is 2050. The molecule has 10 rings (SSSR count). The topological polar surface area (TPSA) is 8.17 Å². The van der Waals surface area contributed by atoms with Gasteiger partial charge in [-0.2, -0.15) is 0 Å². The van der Waals surface area contributed by atoms with Crippen molar-refractivity contribution in [3.05, 3.63) is 82.9 Å². The van der Waals surface area contributed by atoms with Gasteiger partial charge in [-0.05, 0) is 105 Å². The highest BCUT2D eigenvalue weighted by Crippen LogP contribution is 2.64.